The van der Waals surface area contributed by atoms with Crippen LogP contribution in [0.1, 0.15) is 25.3 Å². The third kappa shape index (κ3) is 5.84. The number of rotatable bonds is 7. The Morgan fingerprint density at radius 1 is 1.18 bits per heavy atom. The van der Waals surface area contributed by atoms with Gasteiger partial charge >= 0.3 is 21.4 Å². The van der Waals surface area contributed by atoms with Crippen molar-refractivity contribution >= 4 is 32.3 Å². The van der Waals surface area contributed by atoms with E-state index in [0.29, 0.717) is 6.42 Å². The summed E-state index contributed by atoms with van der Waals surface area (Å²) in [5.41, 5.74) is -0.706. The number of carbonyl (C=O) groups excluding carboxylic acids is 1. The summed E-state index contributed by atoms with van der Waals surface area (Å²) in [6, 6.07) is 5.79. The van der Waals surface area contributed by atoms with Crippen LogP contribution in [0, 0.1) is 0 Å². The molecule has 28 heavy (non-hydrogen) atoms. The monoisotopic (exact) mass is 416 g/mol. The van der Waals surface area contributed by atoms with E-state index in [-0.39, 0.29) is 23.6 Å². The number of sulfonamides is 1. The highest BCUT2D eigenvalue weighted by Crippen LogP contribution is 2.32. The number of hydrogen-bond donors (Lipinski definition) is 3. The summed E-state index contributed by atoms with van der Waals surface area (Å²) in [5, 5.41) is 3.78. The topological polar surface area (TPSA) is 100 Å². The van der Waals surface area contributed by atoms with Gasteiger partial charge in [0.2, 0.25) is 0 Å². The Labute approximate surface area is 160 Å². The first-order valence-corrected chi connectivity index (χ1v) is 9.80. The van der Waals surface area contributed by atoms with E-state index < -0.39 is 27.0 Å². The highest BCUT2D eigenvalue weighted by Gasteiger charge is 2.30. The molecular formula is C17H19F3N4O3S. The Balaban J connectivity index is 2.21. The number of halogens is 3. The molecule has 0 aliphatic rings. The van der Waals surface area contributed by atoms with Gasteiger partial charge in [-0.3, -0.25) is 14.5 Å². The number of anilines is 3. The molecule has 1 heterocycles. The summed E-state index contributed by atoms with van der Waals surface area (Å²) in [4.78, 5) is 15.6. The van der Waals surface area contributed by atoms with Crippen molar-refractivity contribution in [1.82, 2.24) is 10.3 Å². The Morgan fingerprint density at radius 2 is 1.93 bits per heavy atom. The Bertz CT molecular complexity index is 933. The van der Waals surface area contributed by atoms with Crippen molar-refractivity contribution in [3.05, 3.63) is 48.3 Å². The number of carbonyl (C=O) groups is 1. The number of pyridine rings is 1. The highest BCUT2D eigenvalue weighted by molar-refractivity contribution is 8.07. The molecule has 0 radical (unpaired) electrons. The third-order valence-corrected chi connectivity index (χ3v) is 4.70. The van der Waals surface area contributed by atoms with E-state index >= 15 is 0 Å². The molecule has 1 amide bonds. The van der Waals surface area contributed by atoms with Crippen molar-refractivity contribution in [2.24, 2.45) is 0 Å². The second kappa shape index (κ2) is 8.91. The van der Waals surface area contributed by atoms with Gasteiger partial charge in [0.05, 0.1) is 23.1 Å². The minimum atomic E-state index is -4.52. The molecule has 2 rings (SSSR count). The Morgan fingerprint density at radius 3 is 2.61 bits per heavy atom. The molecule has 0 aliphatic heterocycles. The number of nitrogens with one attached hydrogen (secondary N) is 3. The molecule has 1 aromatic heterocycles. The summed E-state index contributed by atoms with van der Waals surface area (Å²) in [6.45, 7) is 2.10. The minimum absolute atomic E-state index is 0.0782. The largest absolute Gasteiger partial charge is 0.416 e. The van der Waals surface area contributed by atoms with Crippen LogP contribution in [0.4, 0.5) is 35.0 Å². The molecule has 0 bridgehead atoms. The quantitative estimate of drug-likeness (QED) is 0.590. The van der Waals surface area contributed by atoms with Gasteiger partial charge in [0.1, 0.15) is 0 Å². The summed E-state index contributed by atoms with van der Waals surface area (Å²) in [6.07, 6.45) is -0.642. The average molecular weight is 416 g/mol. The summed E-state index contributed by atoms with van der Waals surface area (Å²) < 4.78 is 65.0. The molecule has 0 unspecified atom stereocenters. The molecular weight excluding hydrogens is 397 g/mol. The van der Waals surface area contributed by atoms with Gasteiger partial charge in [0, 0.05) is 18.4 Å². The van der Waals surface area contributed by atoms with E-state index in [9.17, 15) is 26.4 Å². The molecule has 1 aromatic carbocycles. The van der Waals surface area contributed by atoms with E-state index in [0.717, 1.165) is 24.8 Å². The van der Waals surface area contributed by atoms with Crippen LogP contribution >= 0.6 is 0 Å². The van der Waals surface area contributed by atoms with Crippen molar-refractivity contribution in [3.63, 3.8) is 0 Å². The normalized spacial score (nSPS) is 11.7. The van der Waals surface area contributed by atoms with E-state index in [1.807, 2.05) is 6.92 Å². The molecule has 152 valence electrons. The summed E-state index contributed by atoms with van der Waals surface area (Å²) in [7, 11) is -4.40. The van der Waals surface area contributed by atoms with Crippen LogP contribution < -0.4 is 15.4 Å². The van der Waals surface area contributed by atoms with Crippen molar-refractivity contribution in [2.75, 3.05) is 16.6 Å². The van der Waals surface area contributed by atoms with Gasteiger partial charge < -0.3 is 10.6 Å². The number of alkyl halides is 3. The van der Waals surface area contributed by atoms with E-state index in [4.69, 9.17) is 0 Å². The van der Waals surface area contributed by atoms with Gasteiger partial charge in [-0.15, -0.1) is 0 Å². The number of aromatic nitrogens is 1. The molecule has 3 N–H and O–H groups in total. The van der Waals surface area contributed by atoms with Gasteiger partial charge in [-0.25, -0.2) is 0 Å². The lowest BCUT2D eigenvalue weighted by Gasteiger charge is -2.14. The summed E-state index contributed by atoms with van der Waals surface area (Å²) in [5.74, 6) is 0. The average Bonchev–Trinajstić information content (AvgIpc) is 2.63. The van der Waals surface area contributed by atoms with Crippen molar-refractivity contribution in [2.45, 2.75) is 25.9 Å². The van der Waals surface area contributed by atoms with Crippen molar-refractivity contribution < 1.29 is 26.4 Å². The van der Waals surface area contributed by atoms with E-state index in [1.54, 1.807) is 0 Å². The molecule has 0 saturated carbocycles. The van der Waals surface area contributed by atoms with E-state index in [2.05, 4.69) is 20.3 Å². The SMILES string of the molecule is CCCCNC(=O)S(=O)(=O)Nc1cnccc1Nc1cccc(C(F)(F)F)c1. The van der Waals surface area contributed by atoms with E-state index in [1.165, 1.54) is 24.4 Å². The maximum absolute atomic E-state index is 12.9. The lowest BCUT2D eigenvalue weighted by atomic mass is 10.2. The Hall–Kier alpha value is -2.82. The number of amides is 1. The fourth-order valence-electron chi connectivity index (χ4n) is 2.17. The second-order valence-electron chi connectivity index (χ2n) is 5.80. The van der Waals surface area contributed by atoms with Gasteiger partial charge in [-0.2, -0.15) is 21.6 Å². The maximum atomic E-state index is 12.9. The predicted octanol–water partition coefficient (Wildman–Crippen LogP) is 4.10. The molecule has 0 spiro atoms. The maximum Gasteiger partial charge on any atom is 0.416 e. The fourth-order valence-corrected chi connectivity index (χ4v) is 3.00. The van der Waals surface area contributed by atoms with Crippen molar-refractivity contribution in [1.29, 1.82) is 0 Å². The number of nitrogens with zero attached hydrogens (tertiary/aromatic N) is 1. The van der Waals surface area contributed by atoms with Gasteiger partial charge in [-0.1, -0.05) is 19.4 Å². The lowest BCUT2D eigenvalue weighted by molar-refractivity contribution is -0.137. The van der Waals surface area contributed by atoms with Gasteiger partial charge in [-0.05, 0) is 30.7 Å². The summed E-state index contributed by atoms with van der Waals surface area (Å²) >= 11 is 0. The van der Waals surface area contributed by atoms with Gasteiger partial charge in [0.15, 0.2) is 0 Å². The van der Waals surface area contributed by atoms with Crippen LogP contribution in [-0.4, -0.2) is 25.2 Å². The first-order valence-electron chi connectivity index (χ1n) is 8.32. The van der Waals surface area contributed by atoms with Crippen LogP contribution in [0.2, 0.25) is 0 Å². The molecule has 0 atom stereocenters. The second-order valence-corrected chi connectivity index (χ2v) is 7.38. The number of hydrogen-bond acceptors (Lipinski definition) is 5. The zero-order valence-electron chi connectivity index (χ0n) is 14.9. The number of unbranched alkanes of at least 4 members (excludes halogenated alkanes) is 1. The van der Waals surface area contributed by atoms with Gasteiger partial charge in [0.25, 0.3) is 0 Å². The lowest BCUT2D eigenvalue weighted by Crippen LogP contribution is -2.34. The minimum Gasteiger partial charge on any atom is -0.354 e. The predicted molar refractivity (Wildman–Crippen MR) is 99.8 cm³/mol. The Kier molecular flexibility index (Phi) is 6.84. The van der Waals surface area contributed by atoms with Crippen LogP contribution in [0.5, 0.6) is 0 Å². The molecule has 0 saturated heterocycles. The molecule has 0 fully saturated rings. The van der Waals surface area contributed by atoms with Crippen molar-refractivity contribution in [3.8, 4) is 0 Å². The molecule has 7 nitrogen and oxygen atoms in total. The van der Waals surface area contributed by atoms with Crippen LogP contribution in [-0.2, 0) is 16.2 Å². The van der Waals surface area contributed by atoms with Crippen LogP contribution in [0.3, 0.4) is 0 Å². The molecule has 11 heteroatoms. The fraction of sp³-hybridized carbons (Fsp3) is 0.294. The standard InChI is InChI=1S/C17H19F3N4O3S/c1-2-3-8-22-16(25)28(26,27)24-15-11-21-9-7-14(15)23-13-6-4-5-12(10-13)17(18,19)20/h4-7,9-11,24H,2-3,8H2,1H3,(H,21,23)(H,22,25). The first-order chi connectivity index (χ1) is 13.1. The molecule has 2 aromatic rings. The highest BCUT2D eigenvalue weighted by atomic mass is 32.2. The van der Waals surface area contributed by atoms with Crippen LogP contribution in [0.25, 0.3) is 0 Å². The zero-order chi connectivity index (χ0) is 20.8. The van der Waals surface area contributed by atoms with Crippen LogP contribution in [0.15, 0.2) is 42.7 Å². The first kappa shape index (κ1) is 21.5. The zero-order valence-corrected chi connectivity index (χ0v) is 15.7. The number of benzene rings is 1. The smallest absolute Gasteiger partial charge is 0.354 e. The molecule has 0 aliphatic carbocycles. The third-order valence-electron chi connectivity index (χ3n) is 3.58.